The fourth-order valence-electron chi connectivity index (χ4n) is 1.14. The van der Waals surface area contributed by atoms with Crippen LogP contribution in [0.1, 0.15) is 23.1 Å². The van der Waals surface area contributed by atoms with Crippen molar-refractivity contribution in [3.05, 3.63) is 17.5 Å². The molecule has 4 nitrogen and oxygen atoms in total. The van der Waals surface area contributed by atoms with E-state index >= 15 is 0 Å². The largest absolute Gasteiger partial charge is 0.350 e. The van der Waals surface area contributed by atoms with Gasteiger partial charge in [0.25, 0.3) is 5.91 Å². The number of rotatable bonds is 5. The quantitative estimate of drug-likeness (QED) is 0.769. The minimum absolute atomic E-state index is 0.0876. The zero-order valence-corrected chi connectivity index (χ0v) is 10.2. The molecule has 0 spiro atoms. The number of aryl methyl sites for hydroxylation is 2. The highest BCUT2D eigenvalue weighted by molar-refractivity contribution is 7.99. The first kappa shape index (κ1) is 12.1. The molecule has 1 aromatic rings. The van der Waals surface area contributed by atoms with Crippen LogP contribution in [0.3, 0.4) is 0 Å². The molecule has 1 rings (SSSR count). The maximum atomic E-state index is 11.6. The fraction of sp³-hybridized carbons (Fsp3) is 0.600. The number of nitrogens with one attached hydrogen (secondary N) is 1. The highest BCUT2D eigenvalue weighted by Gasteiger charge is 2.09. The van der Waals surface area contributed by atoms with Crippen LogP contribution in [-0.2, 0) is 7.05 Å². The van der Waals surface area contributed by atoms with Gasteiger partial charge in [-0.2, -0.15) is 16.9 Å². The van der Waals surface area contributed by atoms with Crippen molar-refractivity contribution in [1.82, 2.24) is 15.1 Å². The molecule has 1 aromatic heterocycles. The van der Waals surface area contributed by atoms with Gasteiger partial charge in [-0.3, -0.25) is 9.48 Å². The highest BCUT2D eigenvalue weighted by Crippen LogP contribution is 2.01. The van der Waals surface area contributed by atoms with E-state index in [-0.39, 0.29) is 5.91 Å². The van der Waals surface area contributed by atoms with Crippen LogP contribution in [0.5, 0.6) is 0 Å². The molecule has 0 unspecified atom stereocenters. The normalized spacial score (nSPS) is 10.3. The molecule has 1 heterocycles. The van der Waals surface area contributed by atoms with E-state index in [4.69, 9.17) is 0 Å². The van der Waals surface area contributed by atoms with Gasteiger partial charge in [-0.05, 0) is 18.7 Å². The van der Waals surface area contributed by atoms with Crippen LogP contribution in [0, 0.1) is 6.92 Å². The zero-order valence-electron chi connectivity index (χ0n) is 9.41. The Morgan fingerprint density at radius 3 is 2.93 bits per heavy atom. The van der Waals surface area contributed by atoms with E-state index in [0.717, 1.165) is 17.2 Å². The second-order valence-electron chi connectivity index (χ2n) is 3.25. The summed E-state index contributed by atoms with van der Waals surface area (Å²) in [5.41, 5.74) is 1.49. The number of hydrogen-bond donors (Lipinski definition) is 1. The third kappa shape index (κ3) is 3.58. The Morgan fingerprint density at radius 1 is 1.67 bits per heavy atom. The highest BCUT2D eigenvalue weighted by atomic mass is 32.2. The minimum Gasteiger partial charge on any atom is -0.350 e. The molecule has 15 heavy (non-hydrogen) atoms. The van der Waals surface area contributed by atoms with Crippen molar-refractivity contribution in [2.45, 2.75) is 13.8 Å². The van der Waals surface area contributed by atoms with Crippen LogP contribution < -0.4 is 5.32 Å². The fourth-order valence-corrected chi connectivity index (χ4v) is 1.68. The molecule has 1 N–H and O–H groups in total. The van der Waals surface area contributed by atoms with Gasteiger partial charge in [0.1, 0.15) is 5.69 Å². The van der Waals surface area contributed by atoms with Crippen LogP contribution >= 0.6 is 11.8 Å². The molecule has 1 amide bonds. The van der Waals surface area contributed by atoms with Crippen LogP contribution in [-0.4, -0.2) is 33.7 Å². The molecule has 0 fully saturated rings. The maximum Gasteiger partial charge on any atom is 0.271 e. The van der Waals surface area contributed by atoms with Gasteiger partial charge in [-0.15, -0.1) is 0 Å². The van der Waals surface area contributed by atoms with Crippen molar-refractivity contribution < 1.29 is 4.79 Å². The molecule has 0 aromatic carbocycles. The Bertz CT molecular complexity index is 316. The van der Waals surface area contributed by atoms with E-state index in [1.54, 1.807) is 10.7 Å². The number of carbonyl (C=O) groups is 1. The first-order chi connectivity index (χ1) is 7.15. The summed E-state index contributed by atoms with van der Waals surface area (Å²) in [7, 11) is 1.83. The number of thioether (sulfide) groups is 1. The minimum atomic E-state index is -0.0876. The first-order valence-electron chi connectivity index (χ1n) is 5.01. The van der Waals surface area contributed by atoms with Crippen molar-refractivity contribution in [1.29, 1.82) is 0 Å². The van der Waals surface area contributed by atoms with E-state index in [0.29, 0.717) is 12.2 Å². The predicted molar refractivity (Wildman–Crippen MR) is 63.3 cm³/mol. The van der Waals surface area contributed by atoms with Gasteiger partial charge in [0, 0.05) is 25.0 Å². The average Bonchev–Trinajstić information content (AvgIpc) is 2.54. The number of amides is 1. The van der Waals surface area contributed by atoms with Gasteiger partial charge < -0.3 is 5.32 Å². The molecular formula is C10H17N3OS. The third-order valence-corrected chi connectivity index (χ3v) is 2.98. The predicted octanol–water partition coefficient (Wildman–Crippen LogP) is 1.21. The molecule has 0 saturated carbocycles. The lowest BCUT2D eigenvalue weighted by Crippen LogP contribution is -2.26. The topological polar surface area (TPSA) is 46.9 Å². The van der Waals surface area contributed by atoms with Gasteiger partial charge in [-0.1, -0.05) is 6.92 Å². The standard InChI is InChI=1S/C10H17N3OS/c1-4-15-6-5-11-10(14)9-7-8(2)13(3)12-9/h7H,4-6H2,1-3H3,(H,11,14). The Hall–Kier alpha value is -0.970. The maximum absolute atomic E-state index is 11.6. The van der Waals surface area contributed by atoms with Gasteiger partial charge >= 0.3 is 0 Å². The summed E-state index contributed by atoms with van der Waals surface area (Å²) in [5.74, 6) is 1.95. The Balaban J connectivity index is 2.40. The van der Waals surface area contributed by atoms with Crippen molar-refractivity contribution in [2.75, 3.05) is 18.1 Å². The third-order valence-electron chi connectivity index (χ3n) is 2.08. The van der Waals surface area contributed by atoms with Crippen molar-refractivity contribution in [2.24, 2.45) is 7.05 Å². The summed E-state index contributed by atoms with van der Waals surface area (Å²) >= 11 is 1.81. The molecule has 0 aliphatic carbocycles. The lowest BCUT2D eigenvalue weighted by atomic mass is 10.3. The van der Waals surface area contributed by atoms with E-state index in [9.17, 15) is 4.79 Å². The Morgan fingerprint density at radius 2 is 2.40 bits per heavy atom. The van der Waals surface area contributed by atoms with Crippen molar-refractivity contribution in [3.63, 3.8) is 0 Å². The summed E-state index contributed by atoms with van der Waals surface area (Å²) in [6.45, 7) is 4.73. The monoisotopic (exact) mass is 227 g/mol. The number of aromatic nitrogens is 2. The molecule has 0 atom stereocenters. The van der Waals surface area contributed by atoms with E-state index in [2.05, 4.69) is 17.3 Å². The van der Waals surface area contributed by atoms with Crippen LogP contribution in [0.25, 0.3) is 0 Å². The second-order valence-corrected chi connectivity index (χ2v) is 4.64. The van der Waals surface area contributed by atoms with E-state index in [1.165, 1.54) is 0 Å². The summed E-state index contributed by atoms with van der Waals surface area (Å²) in [6, 6.07) is 1.79. The van der Waals surface area contributed by atoms with Crippen LogP contribution in [0.2, 0.25) is 0 Å². The van der Waals surface area contributed by atoms with Gasteiger partial charge in [0.05, 0.1) is 0 Å². The first-order valence-corrected chi connectivity index (χ1v) is 6.17. The lowest BCUT2D eigenvalue weighted by molar-refractivity contribution is 0.0950. The van der Waals surface area contributed by atoms with Gasteiger partial charge in [-0.25, -0.2) is 0 Å². The smallest absolute Gasteiger partial charge is 0.271 e. The Labute approximate surface area is 94.4 Å². The summed E-state index contributed by atoms with van der Waals surface area (Å²) < 4.78 is 1.70. The summed E-state index contributed by atoms with van der Waals surface area (Å²) in [5, 5.41) is 6.95. The summed E-state index contributed by atoms with van der Waals surface area (Å²) in [6.07, 6.45) is 0. The molecule has 84 valence electrons. The van der Waals surface area contributed by atoms with Crippen molar-refractivity contribution >= 4 is 17.7 Å². The molecule has 0 aliphatic heterocycles. The molecule has 0 saturated heterocycles. The SMILES string of the molecule is CCSCCNC(=O)c1cc(C)n(C)n1. The molecule has 5 heteroatoms. The molecule has 0 aliphatic rings. The van der Waals surface area contributed by atoms with Crippen LogP contribution in [0.4, 0.5) is 0 Å². The lowest BCUT2D eigenvalue weighted by Gasteiger charge is -2.01. The molecule has 0 radical (unpaired) electrons. The second kappa shape index (κ2) is 5.80. The van der Waals surface area contributed by atoms with E-state index < -0.39 is 0 Å². The number of hydrogen-bond acceptors (Lipinski definition) is 3. The number of nitrogens with zero attached hydrogens (tertiary/aromatic N) is 2. The van der Waals surface area contributed by atoms with Gasteiger partial charge in [0.2, 0.25) is 0 Å². The van der Waals surface area contributed by atoms with E-state index in [1.807, 2.05) is 25.7 Å². The molecule has 0 bridgehead atoms. The van der Waals surface area contributed by atoms with Crippen molar-refractivity contribution in [3.8, 4) is 0 Å². The average molecular weight is 227 g/mol. The Kier molecular flexibility index (Phi) is 4.68. The zero-order chi connectivity index (χ0) is 11.3. The van der Waals surface area contributed by atoms with Gasteiger partial charge in [0.15, 0.2) is 0 Å². The van der Waals surface area contributed by atoms with Crippen LogP contribution in [0.15, 0.2) is 6.07 Å². The number of carbonyl (C=O) groups excluding carboxylic acids is 1. The summed E-state index contributed by atoms with van der Waals surface area (Å²) in [4.78, 5) is 11.6. The molecular weight excluding hydrogens is 210 g/mol.